The minimum Gasteiger partial charge on any atom is -0.356 e. The fraction of sp³-hybridized carbons (Fsp3) is 0.409. The number of aromatic amines is 1. The molecule has 5 rings (SSSR count). The third kappa shape index (κ3) is 4.04. The van der Waals surface area contributed by atoms with Crippen LogP contribution < -0.4 is 10.2 Å². The van der Waals surface area contributed by atoms with Crippen LogP contribution in [-0.2, 0) is 24.1 Å². The predicted molar refractivity (Wildman–Crippen MR) is 114 cm³/mol. The molecule has 2 N–H and O–H groups in total. The van der Waals surface area contributed by atoms with Crippen LogP contribution in [0.1, 0.15) is 41.1 Å². The van der Waals surface area contributed by atoms with Crippen LogP contribution in [0.4, 0.5) is 20.5 Å². The predicted octanol–water partition coefficient (Wildman–Crippen LogP) is 2.58. The number of anilines is 2. The number of carbonyl (C=O) groups excluding carboxylic acids is 1. The van der Waals surface area contributed by atoms with Crippen LogP contribution in [0.15, 0.2) is 24.5 Å². The number of H-pyrrole nitrogens is 1. The fourth-order valence-corrected chi connectivity index (χ4v) is 4.63. The maximum atomic E-state index is 13.6. The van der Waals surface area contributed by atoms with E-state index >= 15 is 0 Å². The summed E-state index contributed by atoms with van der Waals surface area (Å²) in [7, 11) is 0. The van der Waals surface area contributed by atoms with E-state index in [9.17, 15) is 13.6 Å². The highest BCUT2D eigenvalue weighted by molar-refractivity contribution is 5.55. The summed E-state index contributed by atoms with van der Waals surface area (Å²) in [6, 6.07) is 2.51. The maximum Gasteiger partial charge on any atom is 0.224 e. The van der Waals surface area contributed by atoms with Crippen molar-refractivity contribution in [3.05, 3.63) is 58.5 Å². The van der Waals surface area contributed by atoms with Gasteiger partial charge in [0.05, 0.1) is 11.9 Å². The van der Waals surface area contributed by atoms with Crippen LogP contribution in [0.2, 0.25) is 0 Å². The van der Waals surface area contributed by atoms with Crippen molar-refractivity contribution in [2.75, 3.05) is 23.3 Å². The number of carbonyl (C=O) groups is 1. The minimum absolute atomic E-state index is 0.0404. The molecule has 1 aliphatic heterocycles. The second-order valence-electron chi connectivity index (χ2n) is 8.36. The summed E-state index contributed by atoms with van der Waals surface area (Å²) in [6.07, 6.45) is 7.47. The molecule has 3 aromatic rings. The smallest absolute Gasteiger partial charge is 0.224 e. The third-order valence-electron chi connectivity index (χ3n) is 6.22. The highest BCUT2D eigenvalue weighted by Crippen LogP contribution is 2.32. The average Bonchev–Trinajstić information content (AvgIpc) is 3.54. The Bertz CT molecular complexity index is 1090. The van der Waals surface area contributed by atoms with Crippen molar-refractivity contribution in [1.29, 1.82) is 0 Å². The van der Waals surface area contributed by atoms with Gasteiger partial charge < -0.3 is 15.0 Å². The van der Waals surface area contributed by atoms with Crippen LogP contribution in [0.5, 0.6) is 0 Å². The molecular formula is C22H23F2N7O. The van der Waals surface area contributed by atoms with Gasteiger partial charge in [0.25, 0.3) is 0 Å². The molecule has 166 valence electrons. The molecule has 1 fully saturated rings. The van der Waals surface area contributed by atoms with Crippen molar-refractivity contribution < 1.29 is 13.6 Å². The highest BCUT2D eigenvalue weighted by Gasteiger charge is 2.29. The molecule has 0 spiro atoms. The molecule has 2 aromatic heterocycles. The summed E-state index contributed by atoms with van der Waals surface area (Å²) in [6.45, 7) is 1.57. The van der Waals surface area contributed by atoms with Gasteiger partial charge in [-0.3, -0.25) is 0 Å². The number of benzene rings is 1. The van der Waals surface area contributed by atoms with Gasteiger partial charge in [-0.15, -0.1) is 0 Å². The lowest BCUT2D eigenvalue weighted by molar-refractivity contribution is -0.107. The van der Waals surface area contributed by atoms with Crippen molar-refractivity contribution in [1.82, 2.24) is 25.4 Å². The maximum absolute atomic E-state index is 13.6. The van der Waals surface area contributed by atoms with Crippen LogP contribution in [0.3, 0.4) is 0 Å². The normalized spacial score (nSPS) is 18.2. The van der Waals surface area contributed by atoms with Gasteiger partial charge in [0.2, 0.25) is 5.95 Å². The van der Waals surface area contributed by atoms with Crippen LogP contribution in [0.25, 0.3) is 0 Å². The molecule has 8 nitrogen and oxygen atoms in total. The average molecular weight is 439 g/mol. The van der Waals surface area contributed by atoms with E-state index < -0.39 is 11.6 Å². The van der Waals surface area contributed by atoms with E-state index in [-0.39, 0.29) is 12.0 Å². The number of rotatable bonds is 7. The lowest BCUT2D eigenvalue weighted by atomic mass is 10.1. The monoisotopic (exact) mass is 439 g/mol. The van der Waals surface area contributed by atoms with E-state index in [2.05, 4.69) is 30.6 Å². The first-order valence-electron chi connectivity index (χ1n) is 10.7. The first kappa shape index (κ1) is 20.5. The lowest BCUT2D eigenvalue weighted by Gasteiger charge is -2.22. The number of halogens is 2. The number of nitrogens with one attached hydrogen (secondary N) is 2. The van der Waals surface area contributed by atoms with Gasteiger partial charge in [-0.25, -0.2) is 13.8 Å². The summed E-state index contributed by atoms with van der Waals surface area (Å²) >= 11 is 0. The minimum atomic E-state index is -0.821. The van der Waals surface area contributed by atoms with Crippen molar-refractivity contribution in [3.63, 3.8) is 0 Å². The molecule has 32 heavy (non-hydrogen) atoms. The number of hydrogen-bond acceptors (Lipinski definition) is 7. The number of fused-ring (bicyclic) bond motifs is 1. The zero-order valence-electron chi connectivity index (χ0n) is 17.4. The molecule has 1 aromatic carbocycles. The van der Waals surface area contributed by atoms with Gasteiger partial charge >= 0.3 is 0 Å². The summed E-state index contributed by atoms with van der Waals surface area (Å²) in [5, 5.41) is 14.1. The molecule has 1 atom stereocenters. The second-order valence-corrected chi connectivity index (χ2v) is 8.36. The molecule has 0 saturated carbocycles. The Morgan fingerprint density at radius 3 is 2.66 bits per heavy atom. The molecule has 1 unspecified atom stereocenters. The zero-order valence-corrected chi connectivity index (χ0v) is 17.4. The van der Waals surface area contributed by atoms with Crippen LogP contribution in [0, 0.1) is 11.6 Å². The highest BCUT2D eigenvalue weighted by atomic mass is 19.2. The van der Waals surface area contributed by atoms with E-state index in [1.807, 2.05) is 0 Å². The number of nitrogens with zero attached hydrogens (tertiary/aromatic N) is 5. The Hall–Kier alpha value is -3.43. The molecule has 3 heterocycles. The van der Waals surface area contributed by atoms with Crippen molar-refractivity contribution >= 4 is 18.1 Å². The Kier molecular flexibility index (Phi) is 5.50. The van der Waals surface area contributed by atoms with E-state index in [1.165, 1.54) is 12.1 Å². The summed E-state index contributed by atoms with van der Waals surface area (Å²) < 4.78 is 27.1. The van der Waals surface area contributed by atoms with Gasteiger partial charge in [-0.2, -0.15) is 20.4 Å². The molecule has 1 aliphatic carbocycles. The summed E-state index contributed by atoms with van der Waals surface area (Å²) in [5.41, 5.74) is 3.46. The summed E-state index contributed by atoms with van der Waals surface area (Å²) in [4.78, 5) is 22.4. The first-order chi connectivity index (χ1) is 15.6. The number of aldehydes is 1. The van der Waals surface area contributed by atoms with Crippen molar-refractivity contribution in [2.24, 2.45) is 0 Å². The van der Waals surface area contributed by atoms with Crippen molar-refractivity contribution in [2.45, 2.75) is 44.1 Å². The Balaban J connectivity index is 1.34. The van der Waals surface area contributed by atoms with Crippen molar-refractivity contribution in [3.8, 4) is 0 Å². The molecule has 10 heteroatoms. The van der Waals surface area contributed by atoms with Gasteiger partial charge in [0, 0.05) is 43.2 Å². The standard InChI is InChI=1S/C22H23F2N7O/c23-18-8-15-6-17(7-16(15)9-19(18)24)27-22-25-10-13(2-1-5-32)21(28-22)31-4-3-14(12-31)20-11-26-30-29-20/h5,8-11,14,17H,1-4,6-7,12H2,(H,25,27,28)(H,26,29,30). The summed E-state index contributed by atoms with van der Waals surface area (Å²) in [5.74, 6) is -0.106. The second kappa shape index (κ2) is 8.60. The van der Waals surface area contributed by atoms with Gasteiger partial charge in [0.1, 0.15) is 12.1 Å². The molecule has 2 aliphatic rings. The largest absolute Gasteiger partial charge is 0.356 e. The number of aromatic nitrogens is 5. The lowest BCUT2D eigenvalue weighted by Crippen LogP contribution is -2.25. The fourth-order valence-electron chi connectivity index (χ4n) is 4.63. The quantitative estimate of drug-likeness (QED) is 0.546. The van der Waals surface area contributed by atoms with E-state index in [0.29, 0.717) is 31.6 Å². The molecular weight excluding hydrogens is 416 g/mol. The SMILES string of the molecule is O=CCCc1cnc(NC2Cc3cc(F)c(F)cc3C2)nc1N1CCC(c2cn[nH]n2)C1. The van der Waals surface area contributed by atoms with E-state index in [4.69, 9.17) is 4.98 Å². The molecule has 1 saturated heterocycles. The van der Waals surface area contributed by atoms with Gasteiger partial charge in [-0.05, 0) is 48.9 Å². The zero-order chi connectivity index (χ0) is 22.1. The number of hydrogen-bond donors (Lipinski definition) is 2. The van der Waals surface area contributed by atoms with Crippen LogP contribution >= 0.6 is 0 Å². The molecule has 0 radical (unpaired) electrons. The van der Waals surface area contributed by atoms with Crippen LogP contribution in [-0.4, -0.2) is 50.8 Å². The topological polar surface area (TPSA) is 99.7 Å². The first-order valence-corrected chi connectivity index (χ1v) is 10.7. The van der Waals surface area contributed by atoms with Gasteiger partial charge in [0.15, 0.2) is 11.6 Å². The molecule has 0 amide bonds. The Morgan fingerprint density at radius 2 is 1.97 bits per heavy atom. The Labute approximate surface area is 183 Å². The number of aryl methyl sites for hydroxylation is 1. The third-order valence-corrected chi connectivity index (χ3v) is 6.22. The van der Waals surface area contributed by atoms with E-state index in [0.717, 1.165) is 54.0 Å². The molecule has 0 bridgehead atoms. The van der Waals surface area contributed by atoms with Gasteiger partial charge in [-0.1, -0.05) is 0 Å². The van der Waals surface area contributed by atoms with E-state index in [1.54, 1.807) is 12.4 Å². The Morgan fingerprint density at radius 1 is 1.19 bits per heavy atom.